The quantitative estimate of drug-likeness (QED) is 0.840. The number of anilines is 1. The van der Waals surface area contributed by atoms with Gasteiger partial charge in [-0.1, -0.05) is 6.07 Å². The van der Waals surface area contributed by atoms with Crippen molar-refractivity contribution in [2.24, 2.45) is 5.41 Å². The Labute approximate surface area is 143 Å². The molecule has 1 atom stereocenters. The molecule has 4 rings (SSSR count). The number of carbonyl (C=O) groups excluding carboxylic acids is 2. The van der Waals surface area contributed by atoms with Crippen molar-refractivity contribution in [2.75, 3.05) is 24.5 Å². The van der Waals surface area contributed by atoms with E-state index in [0.29, 0.717) is 37.3 Å². The lowest BCUT2D eigenvalue weighted by Gasteiger charge is -2.24. The highest BCUT2D eigenvalue weighted by Crippen LogP contribution is 2.42. The van der Waals surface area contributed by atoms with Crippen LogP contribution in [-0.4, -0.2) is 36.3 Å². The molecule has 2 aliphatic heterocycles. The second-order valence-corrected chi connectivity index (χ2v) is 7.41. The van der Waals surface area contributed by atoms with Crippen LogP contribution in [0.25, 0.3) is 0 Å². The molecule has 0 aliphatic carbocycles. The van der Waals surface area contributed by atoms with Crippen molar-refractivity contribution in [1.29, 1.82) is 0 Å². The zero-order chi connectivity index (χ0) is 16.7. The summed E-state index contributed by atoms with van der Waals surface area (Å²) in [7, 11) is 0. The number of benzene rings is 1. The number of rotatable bonds is 2. The van der Waals surface area contributed by atoms with Crippen LogP contribution in [0.4, 0.5) is 10.1 Å². The standard InChI is InChI=1S/C18H17FN2O2S/c19-14-2-1-3-15(8-14)21-12-18(9-16(21)22)5-6-20(11-18)17(23)13-4-7-24-10-13/h1-4,7-8,10H,5-6,9,11-12H2/t18-/m0/s1. The molecule has 4 nitrogen and oxygen atoms in total. The average Bonchev–Trinajstić information content (AvgIpc) is 3.28. The highest BCUT2D eigenvalue weighted by atomic mass is 32.1. The van der Waals surface area contributed by atoms with Gasteiger partial charge >= 0.3 is 0 Å². The summed E-state index contributed by atoms with van der Waals surface area (Å²) in [6.45, 7) is 1.79. The van der Waals surface area contributed by atoms with Gasteiger partial charge in [-0.05, 0) is 36.1 Å². The Morgan fingerprint density at radius 1 is 1.25 bits per heavy atom. The first-order chi connectivity index (χ1) is 11.6. The summed E-state index contributed by atoms with van der Waals surface area (Å²) < 4.78 is 13.5. The number of carbonyl (C=O) groups is 2. The van der Waals surface area contributed by atoms with E-state index in [-0.39, 0.29) is 23.0 Å². The molecular formula is C18H17FN2O2S. The number of likely N-dealkylation sites (tertiary alicyclic amines) is 1. The molecule has 2 amide bonds. The third kappa shape index (κ3) is 2.60. The van der Waals surface area contributed by atoms with E-state index in [1.165, 1.54) is 23.5 Å². The summed E-state index contributed by atoms with van der Waals surface area (Å²) in [5.74, 6) is -0.308. The van der Waals surface area contributed by atoms with E-state index in [2.05, 4.69) is 0 Å². The Kier molecular flexibility index (Phi) is 3.64. The largest absolute Gasteiger partial charge is 0.338 e. The minimum atomic E-state index is -0.345. The molecule has 1 aromatic heterocycles. The van der Waals surface area contributed by atoms with E-state index in [4.69, 9.17) is 0 Å². The molecule has 3 heterocycles. The second-order valence-electron chi connectivity index (χ2n) is 6.63. The molecule has 1 aromatic carbocycles. The van der Waals surface area contributed by atoms with E-state index in [1.807, 2.05) is 21.7 Å². The van der Waals surface area contributed by atoms with Crippen LogP contribution in [-0.2, 0) is 4.79 Å². The van der Waals surface area contributed by atoms with E-state index < -0.39 is 0 Å². The van der Waals surface area contributed by atoms with Crippen LogP contribution in [0.3, 0.4) is 0 Å². The molecule has 24 heavy (non-hydrogen) atoms. The summed E-state index contributed by atoms with van der Waals surface area (Å²) >= 11 is 1.50. The molecule has 6 heteroatoms. The third-order valence-electron chi connectivity index (χ3n) is 4.93. The van der Waals surface area contributed by atoms with Gasteiger partial charge in [0.2, 0.25) is 5.91 Å². The lowest BCUT2D eigenvalue weighted by atomic mass is 9.86. The van der Waals surface area contributed by atoms with Gasteiger partial charge in [-0.3, -0.25) is 9.59 Å². The van der Waals surface area contributed by atoms with Crippen LogP contribution in [0.5, 0.6) is 0 Å². The molecule has 0 bridgehead atoms. The molecule has 0 N–H and O–H groups in total. The van der Waals surface area contributed by atoms with Crippen LogP contribution in [0.15, 0.2) is 41.1 Å². The molecular weight excluding hydrogens is 327 g/mol. The van der Waals surface area contributed by atoms with Crippen molar-refractivity contribution in [1.82, 2.24) is 4.90 Å². The topological polar surface area (TPSA) is 40.6 Å². The fourth-order valence-corrected chi connectivity index (χ4v) is 4.36. The minimum absolute atomic E-state index is 0.00503. The van der Waals surface area contributed by atoms with Crippen LogP contribution in [0, 0.1) is 11.2 Å². The fourth-order valence-electron chi connectivity index (χ4n) is 3.73. The molecule has 0 radical (unpaired) electrons. The van der Waals surface area contributed by atoms with Crippen LogP contribution in [0.2, 0.25) is 0 Å². The maximum atomic E-state index is 13.5. The van der Waals surface area contributed by atoms with Crippen molar-refractivity contribution in [3.63, 3.8) is 0 Å². The number of hydrogen-bond acceptors (Lipinski definition) is 3. The zero-order valence-corrected chi connectivity index (χ0v) is 13.9. The van der Waals surface area contributed by atoms with Crippen LogP contribution >= 0.6 is 11.3 Å². The smallest absolute Gasteiger partial charge is 0.254 e. The molecule has 2 saturated heterocycles. The Balaban J connectivity index is 1.51. The van der Waals surface area contributed by atoms with Gasteiger partial charge in [-0.25, -0.2) is 4.39 Å². The van der Waals surface area contributed by atoms with Gasteiger partial charge in [-0.2, -0.15) is 11.3 Å². The van der Waals surface area contributed by atoms with Crippen molar-refractivity contribution in [3.05, 3.63) is 52.5 Å². The summed E-state index contributed by atoms with van der Waals surface area (Å²) in [4.78, 5) is 28.5. The average molecular weight is 344 g/mol. The highest BCUT2D eigenvalue weighted by molar-refractivity contribution is 7.08. The van der Waals surface area contributed by atoms with Crippen molar-refractivity contribution in [2.45, 2.75) is 12.8 Å². The molecule has 2 fully saturated rings. The van der Waals surface area contributed by atoms with Crippen molar-refractivity contribution >= 4 is 28.8 Å². The van der Waals surface area contributed by atoms with Crippen LogP contribution in [0.1, 0.15) is 23.2 Å². The maximum Gasteiger partial charge on any atom is 0.254 e. The second kappa shape index (κ2) is 5.70. The number of hydrogen-bond donors (Lipinski definition) is 0. The predicted molar refractivity (Wildman–Crippen MR) is 90.6 cm³/mol. The molecule has 0 unspecified atom stereocenters. The van der Waals surface area contributed by atoms with Gasteiger partial charge < -0.3 is 9.80 Å². The molecule has 2 aromatic rings. The zero-order valence-electron chi connectivity index (χ0n) is 13.1. The summed E-state index contributed by atoms with van der Waals surface area (Å²) in [5, 5.41) is 3.75. The van der Waals surface area contributed by atoms with Gasteiger partial charge in [0.15, 0.2) is 0 Å². The van der Waals surface area contributed by atoms with Gasteiger partial charge in [-0.15, -0.1) is 0 Å². The van der Waals surface area contributed by atoms with Gasteiger partial charge in [0.25, 0.3) is 5.91 Å². The highest BCUT2D eigenvalue weighted by Gasteiger charge is 2.48. The molecule has 2 aliphatic rings. The predicted octanol–water partition coefficient (Wildman–Crippen LogP) is 3.16. The summed E-state index contributed by atoms with van der Waals surface area (Å²) in [6.07, 6.45) is 1.22. The fraction of sp³-hybridized carbons (Fsp3) is 0.333. The van der Waals surface area contributed by atoms with E-state index >= 15 is 0 Å². The van der Waals surface area contributed by atoms with Gasteiger partial charge in [0.05, 0.1) is 5.56 Å². The molecule has 124 valence electrons. The van der Waals surface area contributed by atoms with E-state index in [0.717, 1.165) is 6.42 Å². The molecule has 1 spiro atoms. The number of nitrogens with zero attached hydrogens (tertiary/aromatic N) is 2. The number of halogens is 1. The van der Waals surface area contributed by atoms with E-state index in [1.54, 1.807) is 17.0 Å². The Hall–Kier alpha value is -2.21. The number of amides is 2. The first-order valence-corrected chi connectivity index (χ1v) is 8.88. The summed E-state index contributed by atoms with van der Waals surface area (Å²) in [5.41, 5.74) is 1.09. The summed E-state index contributed by atoms with van der Waals surface area (Å²) in [6, 6.07) is 7.96. The Bertz CT molecular complexity index is 792. The van der Waals surface area contributed by atoms with E-state index in [9.17, 15) is 14.0 Å². The van der Waals surface area contributed by atoms with Crippen molar-refractivity contribution < 1.29 is 14.0 Å². The lowest BCUT2D eigenvalue weighted by Crippen LogP contribution is -2.34. The van der Waals surface area contributed by atoms with Gasteiger partial charge in [0.1, 0.15) is 5.82 Å². The normalized spacial score (nSPS) is 23.5. The first kappa shape index (κ1) is 15.3. The van der Waals surface area contributed by atoms with Gasteiger partial charge in [0, 0.05) is 42.5 Å². The monoisotopic (exact) mass is 344 g/mol. The minimum Gasteiger partial charge on any atom is -0.338 e. The third-order valence-corrected chi connectivity index (χ3v) is 5.62. The maximum absolute atomic E-state index is 13.5. The lowest BCUT2D eigenvalue weighted by molar-refractivity contribution is -0.117. The Morgan fingerprint density at radius 3 is 2.88 bits per heavy atom. The first-order valence-electron chi connectivity index (χ1n) is 7.94. The molecule has 0 saturated carbocycles. The SMILES string of the molecule is O=C(c1ccsc1)N1CC[C@]2(CC(=O)N(c3cccc(F)c3)C2)C1. The number of thiophene rings is 1. The van der Waals surface area contributed by atoms with Crippen LogP contribution < -0.4 is 4.90 Å². The van der Waals surface area contributed by atoms with Crippen molar-refractivity contribution in [3.8, 4) is 0 Å². The Morgan fingerprint density at radius 2 is 2.12 bits per heavy atom.